The molecule has 0 atom stereocenters. The van der Waals surface area contributed by atoms with Gasteiger partial charge < -0.3 is 9.84 Å². The van der Waals surface area contributed by atoms with E-state index >= 15 is 0 Å². The molecule has 0 spiro atoms. The zero-order chi connectivity index (χ0) is 19.3. The van der Waals surface area contributed by atoms with E-state index in [1.54, 1.807) is 4.52 Å². The molecule has 28 heavy (non-hydrogen) atoms. The molecular formula is C22H20ClN3O2. The summed E-state index contributed by atoms with van der Waals surface area (Å²) in [5.74, 6) is 0.520. The number of hydrogen-bond acceptors (Lipinski definition) is 4. The lowest BCUT2D eigenvalue weighted by Gasteiger charge is -2.08. The highest BCUT2D eigenvalue weighted by Gasteiger charge is 2.09. The molecule has 0 unspecified atom stereocenters. The SMILES string of the molecule is OCCCc1ccc(-c2cnc3ccc(OCc4cccc(Cl)c4)nn23)cc1. The van der Waals surface area contributed by atoms with Crippen LogP contribution in [-0.4, -0.2) is 26.3 Å². The monoisotopic (exact) mass is 393 g/mol. The second-order valence-corrected chi connectivity index (χ2v) is 6.96. The van der Waals surface area contributed by atoms with Crippen molar-refractivity contribution < 1.29 is 9.84 Å². The lowest BCUT2D eigenvalue weighted by atomic mass is 10.1. The Labute approximate surface area is 168 Å². The maximum atomic E-state index is 8.97. The molecule has 5 nitrogen and oxygen atoms in total. The first-order valence-electron chi connectivity index (χ1n) is 9.15. The van der Waals surface area contributed by atoms with E-state index < -0.39 is 0 Å². The summed E-state index contributed by atoms with van der Waals surface area (Å²) in [6.45, 7) is 0.597. The maximum absolute atomic E-state index is 8.97. The average Bonchev–Trinajstić information content (AvgIpc) is 3.14. The molecular weight excluding hydrogens is 374 g/mol. The number of ether oxygens (including phenoxy) is 1. The van der Waals surface area contributed by atoms with E-state index in [4.69, 9.17) is 21.4 Å². The van der Waals surface area contributed by atoms with Gasteiger partial charge in [0.25, 0.3) is 0 Å². The fraction of sp³-hybridized carbons (Fsp3) is 0.182. The fourth-order valence-electron chi connectivity index (χ4n) is 3.04. The summed E-state index contributed by atoms with van der Waals surface area (Å²) < 4.78 is 7.62. The third-order valence-corrected chi connectivity index (χ3v) is 4.72. The van der Waals surface area contributed by atoms with Crippen molar-refractivity contribution in [3.05, 3.63) is 83.0 Å². The molecule has 0 fully saturated rings. The van der Waals surface area contributed by atoms with Gasteiger partial charge >= 0.3 is 0 Å². The van der Waals surface area contributed by atoms with Gasteiger partial charge in [0.1, 0.15) is 6.61 Å². The van der Waals surface area contributed by atoms with E-state index in [0.29, 0.717) is 17.5 Å². The van der Waals surface area contributed by atoms with Gasteiger partial charge in [-0.25, -0.2) is 9.50 Å². The van der Waals surface area contributed by atoms with Crippen molar-refractivity contribution in [3.63, 3.8) is 0 Å². The highest BCUT2D eigenvalue weighted by Crippen LogP contribution is 2.22. The summed E-state index contributed by atoms with van der Waals surface area (Å²) in [6.07, 6.45) is 3.44. The predicted octanol–water partition coefficient (Wildman–Crippen LogP) is 4.55. The van der Waals surface area contributed by atoms with E-state index in [9.17, 15) is 0 Å². The smallest absolute Gasteiger partial charge is 0.232 e. The van der Waals surface area contributed by atoms with Crippen LogP contribution in [0.1, 0.15) is 17.5 Å². The Bertz CT molecular complexity index is 1080. The number of fused-ring (bicyclic) bond motifs is 1. The van der Waals surface area contributed by atoms with E-state index in [2.05, 4.69) is 34.3 Å². The zero-order valence-corrected chi connectivity index (χ0v) is 16.0. The number of halogens is 1. The van der Waals surface area contributed by atoms with Crippen molar-refractivity contribution in [2.75, 3.05) is 6.61 Å². The van der Waals surface area contributed by atoms with Crippen LogP contribution in [0.2, 0.25) is 5.02 Å². The molecule has 0 aliphatic heterocycles. The van der Waals surface area contributed by atoms with Gasteiger partial charge in [0.15, 0.2) is 5.65 Å². The summed E-state index contributed by atoms with van der Waals surface area (Å²) in [4.78, 5) is 4.43. The molecule has 0 radical (unpaired) electrons. The minimum absolute atomic E-state index is 0.205. The van der Waals surface area contributed by atoms with Crippen LogP contribution in [-0.2, 0) is 13.0 Å². The normalized spacial score (nSPS) is 11.1. The van der Waals surface area contributed by atoms with Gasteiger partial charge in [-0.15, -0.1) is 5.10 Å². The predicted molar refractivity (Wildman–Crippen MR) is 110 cm³/mol. The summed E-state index contributed by atoms with van der Waals surface area (Å²) in [5, 5.41) is 14.2. The summed E-state index contributed by atoms with van der Waals surface area (Å²) >= 11 is 6.02. The molecule has 0 bridgehead atoms. The van der Waals surface area contributed by atoms with Crippen molar-refractivity contribution in [2.24, 2.45) is 0 Å². The summed E-state index contributed by atoms with van der Waals surface area (Å²) in [7, 11) is 0. The number of benzene rings is 2. The quantitative estimate of drug-likeness (QED) is 0.500. The number of rotatable bonds is 7. The van der Waals surface area contributed by atoms with Gasteiger partial charge in [-0.3, -0.25) is 0 Å². The third-order valence-electron chi connectivity index (χ3n) is 4.49. The van der Waals surface area contributed by atoms with E-state index in [1.807, 2.05) is 42.6 Å². The average molecular weight is 394 g/mol. The molecule has 1 N–H and O–H groups in total. The Morgan fingerprint density at radius 2 is 1.86 bits per heavy atom. The number of aromatic nitrogens is 3. The lowest BCUT2D eigenvalue weighted by Crippen LogP contribution is -2.01. The largest absolute Gasteiger partial charge is 0.472 e. The second kappa shape index (κ2) is 8.42. The number of imidazole rings is 1. The Morgan fingerprint density at radius 1 is 1.00 bits per heavy atom. The van der Waals surface area contributed by atoms with Crippen LogP contribution in [0.15, 0.2) is 66.9 Å². The van der Waals surface area contributed by atoms with Crippen LogP contribution < -0.4 is 4.74 Å². The van der Waals surface area contributed by atoms with Gasteiger partial charge in [0, 0.05) is 23.3 Å². The molecule has 6 heteroatoms. The van der Waals surface area contributed by atoms with Crippen molar-refractivity contribution in [2.45, 2.75) is 19.4 Å². The first kappa shape index (κ1) is 18.5. The van der Waals surface area contributed by atoms with Gasteiger partial charge in [-0.1, -0.05) is 48.0 Å². The Kier molecular flexibility index (Phi) is 5.55. The number of nitrogens with zero attached hydrogens (tertiary/aromatic N) is 3. The minimum atomic E-state index is 0.205. The summed E-state index contributed by atoms with van der Waals surface area (Å²) in [6, 6.07) is 19.5. The van der Waals surface area contributed by atoms with E-state index in [1.165, 1.54) is 5.56 Å². The molecule has 0 aliphatic carbocycles. The summed E-state index contributed by atoms with van der Waals surface area (Å²) in [5.41, 5.74) is 4.87. The van der Waals surface area contributed by atoms with Crippen molar-refractivity contribution >= 4 is 17.2 Å². The standard InChI is InChI=1S/C22H20ClN3O2/c23-19-5-1-3-17(13-19)15-28-22-11-10-21-24-14-20(26(21)25-22)18-8-6-16(7-9-18)4-2-12-27/h1,3,5-11,13-14,27H,2,4,12,15H2. The maximum Gasteiger partial charge on any atom is 0.232 e. The molecule has 2 aromatic carbocycles. The van der Waals surface area contributed by atoms with Crippen LogP contribution in [0.4, 0.5) is 0 Å². The molecule has 0 saturated heterocycles. The Hall–Kier alpha value is -2.89. The number of aliphatic hydroxyl groups excluding tert-OH is 1. The van der Waals surface area contributed by atoms with Crippen LogP contribution in [0.3, 0.4) is 0 Å². The van der Waals surface area contributed by atoms with Crippen LogP contribution in [0.5, 0.6) is 5.88 Å². The molecule has 4 rings (SSSR count). The molecule has 0 aliphatic rings. The van der Waals surface area contributed by atoms with Crippen LogP contribution >= 0.6 is 11.6 Å². The third kappa shape index (κ3) is 4.16. The first-order chi connectivity index (χ1) is 13.7. The molecule has 4 aromatic rings. The fourth-order valence-corrected chi connectivity index (χ4v) is 3.25. The van der Waals surface area contributed by atoms with Crippen molar-refractivity contribution in [1.82, 2.24) is 14.6 Å². The van der Waals surface area contributed by atoms with Crippen LogP contribution in [0.25, 0.3) is 16.9 Å². The molecule has 142 valence electrons. The minimum Gasteiger partial charge on any atom is -0.472 e. The second-order valence-electron chi connectivity index (χ2n) is 6.53. The number of hydrogen-bond donors (Lipinski definition) is 1. The molecule has 2 heterocycles. The number of aliphatic hydroxyl groups is 1. The van der Waals surface area contributed by atoms with Crippen LogP contribution in [0, 0.1) is 0 Å². The highest BCUT2D eigenvalue weighted by atomic mass is 35.5. The van der Waals surface area contributed by atoms with Crippen molar-refractivity contribution in [3.8, 4) is 17.1 Å². The molecule has 0 amide bonds. The Morgan fingerprint density at radius 3 is 2.64 bits per heavy atom. The molecule has 2 aromatic heterocycles. The zero-order valence-electron chi connectivity index (χ0n) is 15.3. The van der Waals surface area contributed by atoms with Crippen molar-refractivity contribution in [1.29, 1.82) is 0 Å². The first-order valence-corrected chi connectivity index (χ1v) is 9.53. The Balaban J connectivity index is 1.56. The number of aryl methyl sites for hydroxylation is 1. The lowest BCUT2D eigenvalue weighted by molar-refractivity contribution is 0.288. The van der Waals surface area contributed by atoms with E-state index in [-0.39, 0.29) is 6.61 Å². The van der Waals surface area contributed by atoms with Gasteiger partial charge in [0.2, 0.25) is 5.88 Å². The van der Waals surface area contributed by atoms with Gasteiger partial charge in [-0.2, -0.15) is 0 Å². The van der Waals surface area contributed by atoms with Gasteiger partial charge in [-0.05, 0) is 42.2 Å². The van der Waals surface area contributed by atoms with Gasteiger partial charge in [0.05, 0.1) is 11.9 Å². The highest BCUT2D eigenvalue weighted by molar-refractivity contribution is 6.30. The molecule has 0 saturated carbocycles. The topological polar surface area (TPSA) is 59.7 Å². The van der Waals surface area contributed by atoms with E-state index in [0.717, 1.165) is 35.3 Å².